The molecule has 0 saturated heterocycles. The summed E-state index contributed by atoms with van der Waals surface area (Å²) in [5.74, 6) is -5.62. The summed E-state index contributed by atoms with van der Waals surface area (Å²) in [6, 6.07) is 0. The largest absolute Gasteiger partial charge is 1.00 e. The van der Waals surface area contributed by atoms with Gasteiger partial charge in [0.15, 0.2) is 0 Å². The number of rotatable bonds is 4. The van der Waals surface area contributed by atoms with E-state index in [1.165, 1.54) is 12.2 Å². The third-order valence-electron chi connectivity index (χ3n) is 3.00. The molecule has 1 aliphatic rings. The van der Waals surface area contributed by atoms with Crippen LogP contribution in [0.3, 0.4) is 0 Å². The van der Waals surface area contributed by atoms with Crippen LogP contribution in [0.2, 0.25) is 0 Å². The molecule has 0 bridgehead atoms. The topological polar surface area (TPSA) is 80.3 Å². The normalized spacial score (nSPS) is 30.6. The minimum Gasteiger partial charge on any atom is -0.550 e. The molecule has 0 aromatic heterocycles. The second-order valence-electron chi connectivity index (χ2n) is 3.72. The number of allylic oxidation sites excluding steroid dienone is 2. The average Bonchev–Trinajstić information content (AvgIpc) is 2.55. The van der Waals surface area contributed by atoms with Gasteiger partial charge in [0.05, 0.1) is 0 Å². The van der Waals surface area contributed by atoms with Crippen molar-refractivity contribution in [2.24, 2.45) is 23.7 Å². The quantitative estimate of drug-likeness (QED) is 0.369. The second-order valence-corrected chi connectivity index (χ2v) is 3.72. The molecule has 82 valence electrons. The monoisotopic (exact) mass is 254 g/mol. The summed E-state index contributed by atoms with van der Waals surface area (Å²) in [6.07, 6.45) is 3.34. The number of hydrogen-bond acceptors (Lipinski definition) is 4. The van der Waals surface area contributed by atoms with E-state index in [-0.39, 0.29) is 71.0 Å². The summed E-state index contributed by atoms with van der Waals surface area (Å²) < 4.78 is 0. The molecule has 4 atom stereocenters. The van der Waals surface area contributed by atoms with Gasteiger partial charge in [-0.25, -0.2) is 0 Å². The summed E-state index contributed by atoms with van der Waals surface area (Å²) in [5, 5.41) is 21.7. The molecule has 1 rings (SSSR count). The summed E-state index contributed by atoms with van der Waals surface area (Å²) in [7, 11) is 0. The maximum absolute atomic E-state index is 10.9. The van der Waals surface area contributed by atoms with Crippen molar-refractivity contribution < 1.29 is 78.9 Å². The Morgan fingerprint density at radius 3 is 1.41 bits per heavy atom. The molecule has 1 aliphatic carbocycles. The number of carbonyl (C=O) groups is 2. The van der Waals surface area contributed by atoms with Crippen LogP contribution in [0.4, 0.5) is 0 Å². The fraction of sp³-hybridized carbons (Fsp3) is 0.455. The Morgan fingerprint density at radius 1 is 0.941 bits per heavy atom. The molecule has 17 heavy (non-hydrogen) atoms. The number of hydrogen-bond donors (Lipinski definition) is 0. The van der Waals surface area contributed by atoms with Crippen LogP contribution in [0.25, 0.3) is 0 Å². The van der Waals surface area contributed by atoms with Gasteiger partial charge in [0.25, 0.3) is 0 Å². The molecular weight excluding hydrogens is 242 g/mol. The predicted molar refractivity (Wildman–Crippen MR) is 49.0 cm³/mol. The zero-order chi connectivity index (χ0) is 11.6. The van der Waals surface area contributed by atoms with Crippen molar-refractivity contribution in [3.05, 3.63) is 25.3 Å². The van der Waals surface area contributed by atoms with E-state index < -0.39 is 23.8 Å². The van der Waals surface area contributed by atoms with Crippen LogP contribution >= 0.6 is 0 Å². The predicted octanol–water partition coefficient (Wildman–Crippen LogP) is -7.27. The Morgan fingerprint density at radius 2 is 1.24 bits per heavy atom. The van der Waals surface area contributed by atoms with Gasteiger partial charge in [-0.3, -0.25) is 0 Å². The Bertz CT molecular complexity index is 287. The first kappa shape index (κ1) is 19.8. The van der Waals surface area contributed by atoms with E-state index >= 15 is 0 Å². The number of carboxylic acids is 2. The fourth-order valence-electron chi connectivity index (χ4n) is 2.27. The standard InChI is InChI=1S/C11H14O4.2Na/c1-3-6-5-7(4-2)9(11(14)15)8(6)10(12)13;;/h3-4,6-9H,1-2,5H2,(H,12,13)(H,14,15);;/q;2*+1/p-2. The van der Waals surface area contributed by atoms with E-state index in [2.05, 4.69) is 13.2 Å². The van der Waals surface area contributed by atoms with Gasteiger partial charge in [0.1, 0.15) is 0 Å². The molecule has 0 aromatic carbocycles. The maximum atomic E-state index is 10.9. The van der Waals surface area contributed by atoms with Crippen LogP contribution < -0.4 is 69.3 Å². The molecule has 0 aliphatic heterocycles. The molecule has 0 aromatic rings. The molecular formula is C11H12Na2O4. The van der Waals surface area contributed by atoms with E-state index in [0.29, 0.717) is 6.42 Å². The number of carboxylic acid groups (broad SMARTS) is 2. The molecule has 4 unspecified atom stereocenters. The molecule has 0 amide bonds. The molecule has 0 radical (unpaired) electrons. The van der Waals surface area contributed by atoms with Gasteiger partial charge in [-0.05, 0) is 18.3 Å². The first-order valence-electron chi connectivity index (χ1n) is 4.69. The number of carbonyl (C=O) groups excluding carboxylic acids is 2. The van der Waals surface area contributed by atoms with Crippen molar-refractivity contribution in [1.82, 2.24) is 0 Å². The van der Waals surface area contributed by atoms with Gasteiger partial charge in [-0.2, -0.15) is 0 Å². The molecule has 0 spiro atoms. The SMILES string of the molecule is C=CC1CC(C=C)C(C(=O)[O-])C1C(=O)[O-].[Na+].[Na+]. The Hall–Kier alpha value is 0.420. The van der Waals surface area contributed by atoms with E-state index in [1.807, 2.05) is 0 Å². The van der Waals surface area contributed by atoms with Crippen LogP contribution in [0.5, 0.6) is 0 Å². The zero-order valence-electron chi connectivity index (χ0n) is 10.2. The fourth-order valence-corrected chi connectivity index (χ4v) is 2.27. The van der Waals surface area contributed by atoms with Crippen LogP contribution in [0.15, 0.2) is 25.3 Å². The van der Waals surface area contributed by atoms with Crippen molar-refractivity contribution in [3.8, 4) is 0 Å². The average molecular weight is 254 g/mol. The first-order chi connectivity index (χ1) is 7.02. The molecule has 1 fully saturated rings. The van der Waals surface area contributed by atoms with Gasteiger partial charge < -0.3 is 19.8 Å². The van der Waals surface area contributed by atoms with Crippen LogP contribution in [-0.4, -0.2) is 11.9 Å². The van der Waals surface area contributed by atoms with Gasteiger partial charge in [-0.15, -0.1) is 13.2 Å². The first-order valence-corrected chi connectivity index (χ1v) is 4.69. The third-order valence-corrected chi connectivity index (χ3v) is 3.00. The molecule has 0 N–H and O–H groups in total. The summed E-state index contributed by atoms with van der Waals surface area (Å²) in [4.78, 5) is 21.7. The van der Waals surface area contributed by atoms with Crippen molar-refractivity contribution >= 4 is 11.9 Å². The van der Waals surface area contributed by atoms with E-state index in [4.69, 9.17) is 0 Å². The summed E-state index contributed by atoms with van der Waals surface area (Å²) in [5.41, 5.74) is 0. The van der Waals surface area contributed by atoms with Crippen molar-refractivity contribution in [3.63, 3.8) is 0 Å². The third kappa shape index (κ3) is 4.23. The van der Waals surface area contributed by atoms with Crippen molar-refractivity contribution in [1.29, 1.82) is 0 Å². The van der Waals surface area contributed by atoms with Gasteiger partial charge in [-0.1, -0.05) is 12.2 Å². The Kier molecular flexibility index (Phi) is 9.89. The van der Waals surface area contributed by atoms with Crippen LogP contribution in [0.1, 0.15) is 6.42 Å². The van der Waals surface area contributed by atoms with Gasteiger partial charge in [0, 0.05) is 23.8 Å². The second kappa shape index (κ2) is 8.51. The molecule has 4 nitrogen and oxygen atoms in total. The van der Waals surface area contributed by atoms with Crippen molar-refractivity contribution in [2.45, 2.75) is 6.42 Å². The summed E-state index contributed by atoms with van der Waals surface area (Å²) >= 11 is 0. The number of aliphatic carboxylic acids is 2. The Balaban J connectivity index is 0. The Labute approximate surface area is 145 Å². The molecule has 1 saturated carbocycles. The zero-order valence-corrected chi connectivity index (χ0v) is 14.2. The maximum Gasteiger partial charge on any atom is 1.00 e. The minimum atomic E-state index is -1.36. The van der Waals surface area contributed by atoms with Crippen LogP contribution in [-0.2, 0) is 9.59 Å². The van der Waals surface area contributed by atoms with Gasteiger partial charge >= 0.3 is 59.1 Å². The van der Waals surface area contributed by atoms with E-state index in [9.17, 15) is 19.8 Å². The van der Waals surface area contributed by atoms with Crippen LogP contribution in [0, 0.1) is 23.7 Å². The summed E-state index contributed by atoms with van der Waals surface area (Å²) in [6.45, 7) is 7.00. The smallest absolute Gasteiger partial charge is 0.550 e. The van der Waals surface area contributed by atoms with E-state index in [0.717, 1.165) is 0 Å². The van der Waals surface area contributed by atoms with E-state index in [1.54, 1.807) is 0 Å². The minimum absolute atomic E-state index is 0. The van der Waals surface area contributed by atoms with Gasteiger partial charge in [0.2, 0.25) is 0 Å². The van der Waals surface area contributed by atoms with Crippen molar-refractivity contribution in [2.75, 3.05) is 0 Å². The molecule has 0 heterocycles. The molecule has 6 heteroatoms.